The second-order valence-corrected chi connectivity index (χ2v) is 6.56. The molecule has 4 aromatic rings. The number of nitrogens with zero attached hydrogens (tertiary/aromatic N) is 3. The van der Waals surface area contributed by atoms with Crippen LogP contribution in [0.1, 0.15) is 5.56 Å². The lowest BCUT2D eigenvalue weighted by Crippen LogP contribution is -2.23. The second-order valence-electron chi connectivity index (χ2n) is 4.82. The van der Waals surface area contributed by atoms with E-state index in [2.05, 4.69) is 10.2 Å². The van der Waals surface area contributed by atoms with Crippen molar-refractivity contribution in [1.82, 2.24) is 19.2 Å². The van der Waals surface area contributed by atoms with Crippen molar-refractivity contribution < 1.29 is 0 Å². The van der Waals surface area contributed by atoms with Gasteiger partial charge in [0.2, 0.25) is 10.5 Å². The Morgan fingerprint density at radius 3 is 2.82 bits per heavy atom. The van der Waals surface area contributed by atoms with Crippen LogP contribution in [0.2, 0.25) is 5.02 Å². The topological polar surface area (TPSA) is 55.1 Å². The zero-order chi connectivity index (χ0) is 15.3. The van der Waals surface area contributed by atoms with E-state index in [-0.39, 0.29) is 5.56 Å². The minimum absolute atomic E-state index is 0.0681. The van der Waals surface area contributed by atoms with Crippen LogP contribution in [-0.2, 0) is 6.54 Å². The second kappa shape index (κ2) is 5.05. The first-order valence-corrected chi connectivity index (χ1v) is 8.13. The molecule has 4 rings (SSSR count). The Morgan fingerprint density at radius 2 is 2.05 bits per heavy atom. The summed E-state index contributed by atoms with van der Waals surface area (Å²) < 4.78 is 4.55. The van der Waals surface area contributed by atoms with Crippen molar-refractivity contribution in [2.24, 2.45) is 0 Å². The highest BCUT2D eigenvalue weighted by molar-refractivity contribution is 7.71. The number of aromatic nitrogens is 4. The minimum atomic E-state index is -0.0681. The van der Waals surface area contributed by atoms with Gasteiger partial charge in [-0.25, -0.2) is 5.10 Å². The monoisotopic (exact) mass is 348 g/mol. The van der Waals surface area contributed by atoms with Crippen LogP contribution in [0.5, 0.6) is 0 Å². The van der Waals surface area contributed by atoms with Gasteiger partial charge in [0.1, 0.15) is 4.70 Å². The van der Waals surface area contributed by atoms with Crippen molar-refractivity contribution in [2.75, 3.05) is 0 Å². The van der Waals surface area contributed by atoms with E-state index in [0.29, 0.717) is 26.8 Å². The number of H-pyrrole nitrogens is 1. The van der Waals surface area contributed by atoms with Crippen LogP contribution in [-0.4, -0.2) is 19.2 Å². The highest BCUT2D eigenvalue weighted by atomic mass is 35.5. The molecule has 110 valence electrons. The smallest absolute Gasteiger partial charge is 0.271 e. The van der Waals surface area contributed by atoms with E-state index in [9.17, 15) is 4.79 Å². The molecule has 1 aromatic carbocycles. The van der Waals surface area contributed by atoms with Gasteiger partial charge in [-0.1, -0.05) is 23.7 Å². The van der Waals surface area contributed by atoms with Crippen LogP contribution in [0.3, 0.4) is 0 Å². The molecule has 1 N–H and O–H groups in total. The van der Waals surface area contributed by atoms with Crippen molar-refractivity contribution in [1.29, 1.82) is 0 Å². The molecule has 22 heavy (non-hydrogen) atoms. The van der Waals surface area contributed by atoms with Crippen LogP contribution in [0.15, 0.2) is 40.5 Å². The molecule has 0 amide bonds. The number of hydrogen-bond donors (Lipinski definition) is 1. The molecule has 5 nitrogen and oxygen atoms in total. The summed E-state index contributed by atoms with van der Waals surface area (Å²) in [6, 6.07) is 9.28. The lowest BCUT2D eigenvalue weighted by molar-refractivity contribution is 0.768. The first-order chi connectivity index (χ1) is 10.6. The van der Waals surface area contributed by atoms with Gasteiger partial charge < -0.3 is 0 Å². The van der Waals surface area contributed by atoms with E-state index in [1.807, 2.05) is 23.6 Å². The van der Waals surface area contributed by atoms with E-state index in [0.717, 1.165) is 11.1 Å². The summed E-state index contributed by atoms with van der Waals surface area (Å²) in [7, 11) is 0. The number of aromatic amines is 1. The third-order valence-corrected chi connectivity index (χ3v) is 4.89. The van der Waals surface area contributed by atoms with E-state index < -0.39 is 0 Å². The molecule has 0 radical (unpaired) electrons. The van der Waals surface area contributed by atoms with Crippen LogP contribution in [0, 0.1) is 4.77 Å². The van der Waals surface area contributed by atoms with Gasteiger partial charge in [-0.2, -0.15) is 0 Å². The van der Waals surface area contributed by atoms with Crippen molar-refractivity contribution in [3.63, 3.8) is 0 Å². The zero-order valence-electron chi connectivity index (χ0n) is 11.1. The molecule has 0 aliphatic heterocycles. The van der Waals surface area contributed by atoms with Crippen molar-refractivity contribution in [2.45, 2.75) is 6.54 Å². The van der Waals surface area contributed by atoms with Crippen molar-refractivity contribution in [3.05, 3.63) is 61.4 Å². The molecule has 3 heterocycles. The summed E-state index contributed by atoms with van der Waals surface area (Å²) in [6.45, 7) is 0.410. The zero-order valence-corrected chi connectivity index (χ0v) is 13.5. The van der Waals surface area contributed by atoms with Gasteiger partial charge in [-0.15, -0.1) is 16.4 Å². The molecular weight excluding hydrogens is 340 g/mol. The molecule has 0 aliphatic carbocycles. The standard InChI is InChI=1S/C14H9ClN4OS2/c15-9-3-1-8(2-4-9)7-18-12(20)11-10(5-6-22-11)19-13(18)16-17-14(19)21/h1-6H,7H2,(H,17,21). The van der Waals surface area contributed by atoms with Gasteiger partial charge in [0.05, 0.1) is 12.1 Å². The molecule has 0 saturated carbocycles. The number of thiophene rings is 1. The summed E-state index contributed by atoms with van der Waals surface area (Å²) in [4.78, 5) is 12.7. The van der Waals surface area contributed by atoms with Gasteiger partial charge in [0, 0.05) is 5.02 Å². The number of fused-ring (bicyclic) bond motifs is 3. The Hall–Kier alpha value is -1.96. The summed E-state index contributed by atoms with van der Waals surface area (Å²) in [5.74, 6) is 0.510. The highest BCUT2D eigenvalue weighted by Gasteiger charge is 2.14. The normalized spacial score (nSPS) is 11.5. The molecule has 0 fully saturated rings. The highest BCUT2D eigenvalue weighted by Crippen LogP contribution is 2.19. The van der Waals surface area contributed by atoms with Gasteiger partial charge in [-0.3, -0.25) is 13.8 Å². The number of rotatable bonds is 2. The Morgan fingerprint density at radius 1 is 1.27 bits per heavy atom. The number of nitrogens with one attached hydrogen (secondary N) is 1. The molecular formula is C14H9ClN4OS2. The number of halogens is 1. The van der Waals surface area contributed by atoms with Crippen molar-refractivity contribution in [3.8, 4) is 0 Å². The first kappa shape index (κ1) is 13.7. The van der Waals surface area contributed by atoms with E-state index in [4.69, 9.17) is 23.8 Å². The average Bonchev–Trinajstić information content (AvgIpc) is 3.12. The van der Waals surface area contributed by atoms with Gasteiger partial charge in [0.15, 0.2) is 0 Å². The summed E-state index contributed by atoms with van der Waals surface area (Å²) in [5, 5.41) is 9.52. The van der Waals surface area contributed by atoms with Gasteiger partial charge >= 0.3 is 0 Å². The Balaban J connectivity index is 2.02. The van der Waals surface area contributed by atoms with Gasteiger partial charge in [-0.05, 0) is 41.4 Å². The molecule has 0 unspecified atom stereocenters. The predicted molar refractivity (Wildman–Crippen MR) is 90.6 cm³/mol. The third-order valence-electron chi connectivity index (χ3n) is 3.47. The maximum Gasteiger partial charge on any atom is 0.273 e. The number of benzene rings is 1. The van der Waals surface area contributed by atoms with Crippen molar-refractivity contribution >= 4 is 51.1 Å². The average molecular weight is 349 g/mol. The van der Waals surface area contributed by atoms with E-state index >= 15 is 0 Å². The Kier molecular flexibility index (Phi) is 3.14. The lowest BCUT2D eigenvalue weighted by Gasteiger charge is -2.08. The Labute approximate surface area is 138 Å². The SMILES string of the molecule is O=c1c2sccc2n2c(=S)[nH]nc2n1Cc1ccc(Cl)cc1. The summed E-state index contributed by atoms with van der Waals surface area (Å²) in [5.41, 5.74) is 1.69. The van der Waals surface area contributed by atoms with Gasteiger partial charge in [0.25, 0.3) is 5.56 Å². The predicted octanol–water partition coefficient (Wildman–Crippen LogP) is 3.47. The fraction of sp³-hybridized carbons (Fsp3) is 0.0714. The molecule has 8 heteroatoms. The molecule has 3 aromatic heterocycles. The van der Waals surface area contributed by atoms with Crippen LogP contribution < -0.4 is 5.56 Å². The minimum Gasteiger partial charge on any atom is -0.271 e. The van der Waals surface area contributed by atoms with Crippen LogP contribution >= 0.6 is 35.2 Å². The Bertz CT molecular complexity index is 1100. The molecule has 0 bridgehead atoms. The molecule has 0 atom stereocenters. The lowest BCUT2D eigenvalue weighted by atomic mass is 10.2. The van der Waals surface area contributed by atoms with E-state index in [1.165, 1.54) is 11.3 Å². The fourth-order valence-corrected chi connectivity index (χ4v) is 3.63. The maximum atomic E-state index is 12.7. The summed E-state index contributed by atoms with van der Waals surface area (Å²) >= 11 is 12.6. The summed E-state index contributed by atoms with van der Waals surface area (Å²) in [6.07, 6.45) is 0. The molecule has 0 saturated heterocycles. The van der Waals surface area contributed by atoms with E-state index in [1.54, 1.807) is 21.1 Å². The quantitative estimate of drug-likeness (QED) is 0.564. The maximum absolute atomic E-state index is 12.7. The van der Waals surface area contributed by atoms with Crippen LogP contribution in [0.4, 0.5) is 0 Å². The third kappa shape index (κ3) is 2.01. The van der Waals surface area contributed by atoms with Crippen LogP contribution in [0.25, 0.3) is 16.0 Å². The molecule has 0 spiro atoms. The largest absolute Gasteiger partial charge is 0.273 e. The first-order valence-electron chi connectivity index (χ1n) is 6.47. The molecule has 0 aliphatic rings. The fourth-order valence-electron chi connectivity index (χ4n) is 2.45. The number of hydrogen-bond acceptors (Lipinski definition) is 4.